The average molecular weight is 295 g/mol. The van der Waals surface area contributed by atoms with E-state index in [-0.39, 0.29) is 5.91 Å². The molecule has 0 spiro atoms. The van der Waals surface area contributed by atoms with Crippen LogP contribution < -0.4 is 5.32 Å². The lowest BCUT2D eigenvalue weighted by atomic mass is 10.1. The van der Waals surface area contributed by atoms with Gasteiger partial charge in [0.1, 0.15) is 12.0 Å². The van der Waals surface area contributed by atoms with E-state index in [9.17, 15) is 4.79 Å². The molecule has 0 aliphatic carbocycles. The number of carbonyl (C=O) groups excluding carboxylic acids is 1. The second-order valence-electron chi connectivity index (χ2n) is 3.64. The van der Waals surface area contributed by atoms with Crippen LogP contribution in [0, 0.1) is 6.92 Å². The van der Waals surface area contributed by atoms with Gasteiger partial charge in [0.05, 0.1) is 6.54 Å². The molecule has 1 heterocycles. The van der Waals surface area contributed by atoms with E-state index in [0.717, 1.165) is 10.0 Å². The van der Waals surface area contributed by atoms with Gasteiger partial charge in [-0.1, -0.05) is 21.1 Å². The second kappa shape index (κ2) is 5.14. The normalized spacial score (nSPS) is 10.2. The van der Waals surface area contributed by atoms with Gasteiger partial charge in [0.15, 0.2) is 0 Å². The summed E-state index contributed by atoms with van der Waals surface area (Å²) in [4.78, 5) is 11.8. The number of benzene rings is 1. The topological polar surface area (TPSA) is 55.1 Å². The van der Waals surface area contributed by atoms with Crippen molar-refractivity contribution in [3.8, 4) is 0 Å². The van der Waals surface area contributed by atoms with Crippen molar-refractivity contribution in [3.05, 3.63) is 51.8 Å². The lowest BCUT2D eigenvalue weighted by Crippen LogP contribution is -2.22. The summed E-state index contributed by atoms with van der Waals surface area (Å²) in [6.45, 7) is 2.31. The Kier molecular flexibility index (Phi) is 3.58. The summed E-state index contributed by atoms with van der Waals surface area (Å²) < 4.78 is 5.67. The number of aryl methyl sites for hydroxylation is 1. The first kappa shape index (κ1) is 11.9. The molecule has 0 saturated carbocycles. The molecular formula is C12H11BrN2O2. The van der Waals surface area contributed by atoms with Gasteiger partial charge in [0.25, 0.3) is 5.91 Å². The maximum atomic E-state index is 11.8. The number of hydrogen-bond acceptors (Lipinski definition) is 3. The van der Waals surface area contributed by atoms with Gasteiger partial charge in [-0.25, -0.2) is 0 Å². The van der Waals surface area contributed by atoms with Crippen molar-refractivity contribution in [1.82, 2.24) is 10.5 Å². The molecule has 1 amide bonds. The van der Waals surface area contributed by atoms with Crippen molar-refractivity contribution in [1.29, 1.82) is 0 Å². The van der Waals surface area contributed by atoms with Gasteiger partial charge in [0, 0.05) is 16.1 Å². The Morgan fingerprint density at radius 3 is 2.94 bits per heavy atom. The Labute approximate surface area is 107 Å². The molecule has 1 aromatic heterocycles. The first-order valence-corrected chi connectivity index (χ1v) is 5.90. The zero-order valence-electron chi connectivity index (χ0n) is 9.24. The smallest absolute Gasteiger partial charge is 0.251 e. The van der Waals surface area contributed by atoms with E-state index >= 15 is 0 Å². The molecule has 2 rings (SSSR count). The molecule has 1 aromatic carbocycles. The minimum Gasteiger partial charge on any atom is -0.364 e. The third-order valence-electron chi connectivity index (χ3n) is 2.34. The van der Waals surface area contributed by atoms with Crippen molar-refractivity contribution in [3.63, 3.8) is 0 Å². The summed E-state index contributed by atoms with van der Waals surface area (Å²) in [5, 5.41) is 6.49. The van der Waals surface area contributed by atoms with E-state index in [0.29, 0.717) is 17.8 Å². The van der Waals surface area contributed by atoms with Gasteiger partial charge in [-0.05, 0) is 30.7 Å². The molecule has 0 atom stereocenters. The van der Waals surface area contributed by atoms with E-state index < -0.39 is 0 Å². The molecule has 0 fully saturated rings. The molecule has 4 nitrogen and oxygen atoms in total. The minimum absolute atomic E-state index is 0.122. The van der Waals surface area contributed by atoms with E-state index in [1.807, 2.05) is 19.1 Å². The fourth-order valence-corrected chi connectivity index (χ4v) is 1.63. The molecule has 88 valence electrons. The van der Waals surface area contributed by atoms with Crippen molar-refractivity contribution in [2.24, 2.45) is 0 Å². The van der Waals surface area contributed by atoms with E-state index in [4.69, 9.17) is 0 Å². The van der Waals surface area contributed by atoms with Crippen LogP contribution in [0.3, 0.4) is 0 Å². The third kappa shape index (κ3) is 2.94. The number of amides is 1. The van der Waals surface area contributed by atoms with E-state index in [1.54, 1.807) is 12.1 Å². The van der Waals surface area contributed by atoms with Gasteiger partial charge < -0.3 is 9.84 Å². The number of halogens is 1. The number of aromatic nitrogens is 1. The molecule has 5 heteroatoms. The molecule has 0 saturated heterocycles. The van der Waals surface area contributed by atoms with Crippen LogP contribution in [0.2, 0.25) is 0 Å². The number of nitrogens with one attached hydrogen (secondary N) is 1. The lowest BCUT2D eigenvalue weighted by Gasteiger charge is -2.05. The zero-order chi connectivity index (χ0) is 12.3. The summed E-state index contributed by atoms with van der Waals surface area (Å²) in [5.41, 5.74) is 2.36. The largest absolute Gasteiger partial charge is 0.364 e. The van der Waals surface area contributed by atoms with Crippen LogP contribution in [-0.4, -0.2) is 11.1 Å². The van der Waals surface area contributed by atoms with Crippen molar-refractivity contribution in [2.45, 2.75) is 13.5 Å². The molecule has 0 unspecified atom stereocenters. The Morgan fingerprint density at radius 2 is 2.29 bits per heavy atom. The second-order valence-corrected chi connectivity index (χ2v) is 4.49. The van der Waals surface area contributed by atoms with Crippen LogP contribution in [-0.2, 0) is 6.54 Å². The Hall–Kier alpha value is -1.62. The van der Waals surface area contributed by atoms with Gasteiger partial charge in [-0.15, -0.1) is 0 Å². The monoisotopic (exact) mass is 294 g/mol. The van der Waals surface area contributed by atoms with Crippen LogP contribution in [0.25, 0.3) is 0 Å². The summed E-state index contributed by atoms with van der Waals surface area (Å²) in [5.74, 6) is -0.122. The maximum Gasteiger partial charge on any atom is 0.251 e. The SMILES string of the molecule is Cc1cc(C(=O)NCc2ccon2)ccc1Br. The van der Waals surface area contributed by atoms with Crippen molar-refractivity contribution in [2.75, 3.05) is 0 Å². The summed E-state index contributed by atoms with van der Waals surface area (Å²) in [6.07, 6.45) is 1.48. The molecule has 0 radical (unpaired) electrons. The Morgan fingerprint density at radius 1 is 1.47 bits per heavy atom. The third-order valence-corrected chi connectivity index (χ3v) is 3.23. The summed E-state index contributed by atoms with van der Waals surface area (Å²) in [6, 6.07) is 7.19. The highest BCUT2D eigenvalue weighted by molar-refractivity contribution is 9.10. The fraction of sp³-hybridized carbons (Fsp3) is 0.167. The number of nitrogens with zero attached hydrogens (tertiary/aromatic N) is 1. The van der Waals surface area contributed by atoms with Crippen molar-refractivity contribution < 1.29 is 9.32 Å². The van der Waals surface area contributed by atoms with Crippen molar-refractivity contribution >= 4 is 21.8 Å². The fourth-order valence-electron chi connectivity index (χ4n) is 1.39. The predicted octanol–water partition coefficient (Wildman–Crippen LogP) is 2.68. The molecule has 17 heavy (non-hydrogen) atoms. The van der Waals surface area contributed by atoms with E-state index in [2.05, 4.69) is 30.9 Å². The molecule has 0 bridgehead atoms. The highest BCUT2D eigenvalue weighted by atomic mass is 79.9. The molecule has 0 aliphatic heterocycles. The van der Waals surface area contributed by atoms with Gasteiger partial charge >= 0.3 is 0 Å². The Balaban J connectivity index is 2.02. The zero-order valence-corrected chi connectivity index (χ0v) is 10.8. The van der Waals surface area contributed by atoms with E-state index in [1.165, 1.54) is 6.26 Å². The van der Waals surface area contributed by atoms with Crippen LogP contribution in [0.5, 0.6) is 0 Å². The Bertz CT molecular complexity index is 523. The maximum absolute atomic E-state index is 11.8. The first-order valence-electron chi connectivity index (χ1n) is 5.10. The highest BCUT2D eigenvalue weighted by Gasteiger charge is 2.07. The highest BCUT2D eigenvalue weighted by Crippen LogP contribution is 2.17. The van der Waals surface area contributed by atoms with Crippen LogP contribution in [0.15, 0.2) is 39.5 Å². The standard InChI is InChI=1S/C12H11BrN2O2/c1-8-6-9(2-3-11(8)13)12(16)14-7-10-4-5-17-15-10/h2-6H,7H2,1H3,(H,14,16). The molecular weight excluding hydrogens is 284 g/mol. The molecule has 1 N–H and O–H groups in total. The lowest BCUT2D eigenvalue weighted by molar-refractivity contribution is 0.0950. The van der Waals surface area contributed by atoms with Gasteiger partial charge in [-0.3, -0.25) is 4.79 Å². The van der Waals surface area contributed by atoms with Crippen LogP contribution >= 0.6 is 15.9 Å². The average Bonchev–Trinajstić information content (AvgIpc) is 2.82. The van der Waals surface area contributed by atoms with Gasteiger partial charge in [0.2, 0.25) is 0 Å². The van der Waals surface area contributed by atoms with Crippen LogP contribution in [0.1, 0.15) is 21.6 Å². The number of rotatable bonds is 3. The number of hydrogen-bond donors (Lipinski definition) is 1. The minimum atomic E-state index is -0.122. The van der Waals surface area contributed by atoms with Crippen LogP contribution in [0.4, 0.5) is 0 Å². The molecule has 2 aromatic rings. The summed E-state index contributed by atoms with van der Waals surface area (Å²) in [7, 11) is 0. The number of carbonyl (C=O) groups is 1. The van der Waals surface area contributed by atoms with Gasteiger partial charge in [-0.2, -0.15) is 0 Å². The molecule has 0 aliphatic rings. The predicted molar refractivity (Wildman–Crippen MR) is 66.6 cm³/mol. The quantitative estimate of drug-likeness (QED) is 0.947. The first-order chi connectivity index (χ1) is 8.16. The summed E-state index contributed by atoms with van der Waals surface area (Å²) >= 11 is 3.39.